The van der Waals surface area contributed by atoms with Crippen LogP contribution in [0.4, 0.5) is 5.69 Å². The summed E-state index contributed by atoms with van der Waals surface area (Å²) in [5.41, 5.74) is 10.4. The standard InChI is InChI=1S/C22H31N3O3/c1-13(2)28-19-11-15-14(10-18(19)27-7)8-9-25-17(12-16(23)20(15)25)21(26)24(6)22(3,4)5/h10-13H,8-9,23H2,1-7H3. The highest BCUT2D eigenvalue weighted by molar-refractivity contribution is 5.97. The van der Waals surface area contributed by atoms with Gasteiger partial charge in [0.1, 0.15) is 5.69 Å². The van der Waals surface area contributed by atoms with Crippen LogP contribution in [0, 0.1) is 0 Å². The molecule has 1 aliphatic heterocycles. The highest BCUT2D eigenvalue weighted by atomic mass is 16.5. The molecule has 2 heterocycles. The largest absolute Gasteiger partial charge is 0.493 e. The minimum Gasteiger partial charge on any atom is -0.493 e. The Hall–Kier alpha value is -2.63. The number of aromatic nitrogens is 1. The molecule has 0 spiro atoms. The van der Waals surface area contributed by atoms with E-state index in [0.717, 1.165) is 29.0 Å². The average Bonchev–Trinajstić information content (AvgIpc) is 2.95. The zero-order valence-electron chi connectivity index (χ0n) is 17.9. The fraction of sp³-hybridized carbons (Fsp3) is 0.500. The predicted octanol–water partition coefficient (Wildman–Crippen LogP) is 3.96. The second-order valence-electron chi connectivity index (χ2n) is 8.60. The van der Waals surface area contributed by atoms with E-state index in [4.69, 9.17) is 15.2 Å². The van der Waals surface area contributed by atoms with Gasteiger partial charge in [0.05, 0.1) is 24.6 Å². The first kappa shape index (κ1) is 20.1. The number of anilines is 1. The number of nitrogen functional groups attached to an aromatic ring is 1. The molecule has 1 aromatic carbocycles. The smallest absolute Gasteiger partial charge is 0.270 e. The maximum atomic E-state index is 13.1. The maximum absolute atomic E-state index is 13.1. The molecule has 0 unspecified atom stereocenters. The van der Waals surface area contributed by atoms with Gasteiger partial charge in [-0.3, -0.25) is 4.79 Å². The minimum absolute atomic E-state index is 0.0252. The molecule has 2 N–H and O–H groups in total. The topological polar surface area (TPSA) is 69.7 Å². The molecule has 6 heteroatoms. The highest BCUT2D eigenvalue weighted by Gasteiger charge is 2.30. The quantitative estimate of drug-likeness (QED) is 0.865. The Morgan fingerprint density at radius 3 is 2.46 bits per heavy atom. The summed E-state index contributed by atoms with van der Waals surface area (Å²) in [5.74, 6) is 1.38. The third-order valence-corrected chi connectivity index (χ3v) is 5.27. The molecule has 1 amide bonds. The van der Waals surface area contributed by atoms with Crippen molar-refractivity contribution in [1.29, 1.82) is 0 Å². The Morgan fingerprint density at radius 2 is 1.89 bits per heavy atom. The number of hydrogen-bond acceptors (Lipinski definition) is 4. The van der Waals surface area contributed by atoms with Crippen molar-refractivity contribution < 1.29 is 14.3 Å². The van der Waals surface area contributed by atoms with Crippen LogP contribution in [0.5, 0.6) is 11.5 Å². The molecule has 0 fully saturated rings. The fourth-order valence-electron chi connectivity index (χ4n) is 3.52. The lowest BCUT2D eigenvalue weighted by atomic mass is 9.97. The summed E-state index contributed by atoms with van der Waals surface area (Å²) in [5, 5.41) is 0. The Balaban J connectivity index is 2.12. The van der Waals surface area contributed by atoms with Crippen LogP contribution in [0.25, 0.3) is 11.3 Å². The first-order valence-corrected chi connectivity index (χ1v) is 9.69. The summed E-state index contributed by atoms with van der Waals surface area (Å²) in [7, 11) is 3.47. The van der Waals surface area contributed by atoms with E-state index in [2.05, 4.69) is 0 Å². The van der Waals surface area contributed by atoms with Gasteiger partial charge in [0, 0.05) is 24.7 Å². The second-order valence-corrected chi connectivity index (χ2v) is 8.60. The Kier molecular flexibility index (Phi) is 5.08. The van der Waals surface area contributed by atoms with Crippen LogP contribution in [0.3, 0.4) is 0 Å². The molecule has 152 valence electrons. The number of methoxy groups -OCH3 is 1. The molecule has 0 bridgehead atoms. The number of hydrogen-bond donors (Lipinski definition) is 1. The second kappa shape index (κ2) is 7.08. The lowest BCUT2D eigenvalue weighted by Crippen LogP contribution is -2.43. The normalized spacial score (nSPS) is 13.1. The fourth-order valence-corrected chi connectivity index (χ4v) is 3.52. The molecule has 3 rings (SSSR count). The van der Waals surface area contributed by atoms with Crippen molar-refractivity contribution in [1.82, 2.24) is 9.47 Å². The molecule has 0 radical (unpaired) electrons. The van der Waals surface area contributed by atoms with Crippen molar-refractivity contribution >= 4 is 11.6 Å². The van der Waals surface area contributed by atoms with E-state index in [0.29, 0.717) is 23.7 Å². The van der Waals surface area contributed by atoms with E-state index in [1.54, 1.807) is 18.1 Å². The number of aryl methyl sites for hydroxylation is 1. The van der Waals surface area contributed by atoms with Gasteiger partial charge in [-0.15, -0.1) is 0 Å². The van der Waals surface area contributed by atoms with Crippen molar-refractivity contribution in [2.24, 2.45) is 0 Å². The van der Waals surface area contributed by atoms with Crippen molar-refractivity contribution in [3.8, 4) is 22.8 Å². The maximum Gasteiger partial charge on any atom is 0.270 e. The third-order valence-electron chi connectivity index (χ3n) is 5.27. The van der Waals surface area contributed by atoms with Crippen molar-refractivity contribution in [2.75, 3.05) is 19.9 Å². The molecule has 0 saturated carbocycles. The first-order chi connectivity index (χ1) is 13.0. The summed E-state index contributed by atoms with van der Waals surface area (Å²) in [6, 6.07) is 5.80. The number of ether oxygens (including phenoxy) is 2. The Labute approximate surface area is 167 Å². The Bertz CT molecular complexity index is 907. The number of nitrogens with zero attached hydrogens (tertiary/aromatic N) is 2. The summed E-state index contributed by atoms with van der Waals surface area (Å²) < 4.78 is 13.5. The molecule has 6 nitrogen and oxygen atoms in total. The zero-order chi connectivity index (χ0) is 20.8. The molecule has 28 heavy (non-hydrogen) atoms. The molecular formula is C22H31N3O3. The SMILES string of the molecule is COc1cc2c(cc1OC(C)C)-c1c(N)cc(C(=O)N(C)C(C)(C)C)n1CC2. The van der Waals surface area contributed by atoms with Crippen molar-refractivity contribution in [2.45, 2.75) is 59.2 Å². The van der Waals surface area contributed by atoms with Crippen LogP contribution >= 0.6 is 0 Å². The van der Waals surface area contributed by atoms with Gasteiger partial charge in [-0.05, 0) is 64.8 Å². The summed E-state index contributed by atoms with van der Waals surface area (Å²) in [6.07, 6.45) is 0.825. The highest BCUT2D eigenvalue weighted by Crippen LogP contribution is 2.42. The van der Waals surface area contributed by atoms with Crippen molar-refractivity contribution in [3.05, 3.63) is 29.5 Å². The predicted molar refractivity (Wildman–Crippen MR) is 112 cm³/mol. The van der Waals surface area contributed by atoms with Gasteiger partial charge in [-0.2, -0.15) is 0 Å². The van der Waals surface area contributed by atoms with Gasteiger partial charge in [-0.25, -0.2) is 0 Å². The van der Waals surface area contributed by atoms with Gasteiger partial charge in [0.25, 0.3) is 5.91 Å². The molecule has 0 atom stereocenters. The third kappa shape index (κ3) is 3.43. The zero-order valence-corrected chi connectivity index (χ0v) is 17.9. The van der Waals surface area contributed by atoms with E-state index in [9.17, 15) is 4.79 Å². The van der Waals surface area contributed by atoms with E-state index in [-0.39, 0.29) is 17.6 Å². The van der Waals surface area contributed by atoms with Gasteiger partial charge < -0.3 is 24.7 Å². The van der Waals surface area contributed by atoms with Crippen LogP contribution in [0.1, 0.15) is 50.7 Å². The van der Waals surface area contributed by atoms with E-state index in [1.807, 2.05) is 58.4 Å². The molecule has 1 aliphatic rings. The molecule has 0 saturated heterocycles. The van der Waals surface area contributed by atoms with Gasteiger partial charge in [0.15, 0.2) is 11.5 Å². The number of carbonyl (C=O) groups is 1. The number of nitrogens with two attached hydrogens (primary N) is 1. The van der Waals surface area contributed by atoms with Gasteiger partial charge in [-0.1, -0.05) is 0 Å². The monoisotopic (exact) mass is 385 g/mol. The summed E-state index contributed by atoms with van der Waals surface area (Å²) in [4.78, 5) is 14.9. The number of benzene rings is 1. The number of rotatable bonds is 4. The van der Waals surface area contributed by atoms with Crippen LogP contribution in [-0.4, -0.2) is 41.2 Å². The number of amides is 1. The van der Waals surface area contributed by atoms with E-state index in [1.165, 1.54) is 0 Å². The van der Waals surface area contributed by atoms with Crippen LogP contribution in [0.15, 0.2) is 18.2 Å². The lowest BCUT2D eigenvalue weighted by Gasteiger charge is -2.32. The van der Waals surface area contributed by atoms with Crippen LogP contribution in [-0.2, 0) is 13.0 Å². The molecule has 0 aliphatic carbocycles. The summed E-state index contributed by atoms with van der Waals surface area (Å²) in [6.45, 7) is 10.7. The average molecular weight is 386 g/mol. The van der Waals surface area contributed by atoms with Crippen LogP contribution in [0.2, 0.25) is 0 Å². The first-order valence-electron chi connectivity index (χ1n) is 9.69. The van der Waals surface area contributed by atoms with Crippen molar-refractivity contribution in [3.63, 3.8) is 0 Å². The van der Waals surface area contributed by atoms with Gasteiger partial charge in [0.2, 0.25) is 0 Å². The molecular weight excluding hydrogens is 354 g/mol. The Morgan fingerprint density at radius 1 is 1.21 bits per heavy atom. The molecule has 2 aromatic rings. The minimum atomic E-state index is -0.269. The number of fused-ring (bicyclic) bond motifs is 3. The lowest BCUT2D eigenvalue weighted by molar-refractivity contribution is 0.0644. The number of carbonyl (C=O) groups excluding carboxylic acids is 1. The van der Waals surface area contributed by atoms with E-state index >= 15 is 0 Å². The summed E-state index contributed by atoms with van der Waals surface area (Å²) >= 11 is 0. The van der Waals surface area contributed by atoms with Gasteiger partial charge >= 0.3 is 0 Å². The molecule has 1 aromatic heterocycles. The van der Waals surface area contributed by atoms with E-state index < -0.39 is 0 Å². The van der Waals surface area contributed by atoms with Crippen LogP contribution < -0.4 is 15.2 Å².